The van der Waals surface area contributed by atoms with Crippen LogP contribution in [-0.4, -0.2) is 317 Å². The summed E-state index contributed by atoms with van der Waals surface area (Å²) in [7, 11) is 1.28. The third-order valence-electron chi connectivity index (χ3n) is 19.3. The summed E-state index contributed by atoms with van der Waals surface area (Å²) in [6, 6.07) is 10.6. The maximum Gasteiger partial charge on any atom is 0.326 e. The van der Waals surface area contributed by atoms with Crippen LogP contribution in [-0.2, 0) is 96.0 Å². The summed E-state index contributed by atoms with van der Waals surface area (Å²) in [5.74, 6) is -18.3. The highest BCUT2D eigenvalue weighted by molar-refractivity contribution is 5.96. The first-order chi connectivity index (χ1) is 55.9. The van der Waals surface area contributed by atoms with Crippen molar-refractivity contribution < 1.29 is 133 Å². The average molecular weight is 1660 g/mol. The van der Waals surface area contributed by atoms with Gasteiger partial charge in [-0.15, -0.1) is 0 Å². The molecule has 1 saturated heterocycles. The van der Waals surface area contributed by atoms with Crippen LogP contribution in [0.5, 0.6) is 5.75 Å². The van der Waals surface area contributed by atoms with Crippen molar-refractivity contribution in [2.45, 2.75) is 151 Å². The molecule has 1 aliphatic rings. The van der Waals surface area contributed by atoms with E-state index in [0.717, 1.165) is 15.7 Å². The Balaban J connectivity index is 1.25. The van der Waals surface area contributed by atoms with Gasteiger partial charge in [-0.25, -0.2) is 24.0 Å². The Morgan fingerprint density at radius 3 is 1.31 bits per heavy atom. The summed E-state index contributed by atoms with van der Waals surface area (Å²) in [5.41, 5.74) is 7.75. The lowest BCUT2D eigenvalue weighted by atomic mass is 9.98. The van der Waals surface area contributed by atoms with Gasteiger partial charge in [-0.1, -0.05) is 66.7 Å². The van der Waals surface area contributed by atoms with Crippen molar-refractivity contribution in [2.75, 3.05) is 97.9 Å². The first kappa shape index (κ1) is 96.0. The van der Waals surface area contributed by atoms with E-state index in [1.807, 2.05) is 28.8 Å². The Kier molecular flexibility index (Phi) is 40.1. The predicted molar refractivity (Wildman–Crippen MR) is 417 cm³/mol. The minimum atomic E-state index is -1.75. The molecule has 4 aromatic rings. The molecule has 0 bridgehead atoms. The lowest BCUT2D eigenvalue weighted by molar-refractivity contribution is -0.145. The number of likely N-dealkylation sites (N-methyl/N-ethyl adjacent to an activating group) is 1. The van der Waals surface area contributed by atoms with Gasteiger partial charge in [-0.2, -0.15) is 0 Å². The number of phenols is 1. The number of hydrogen-bond donors (Lipinski definition) is 19. The second kappa shape index (κ2) is 49.3. The molecule has 0 radical (unpaired) electrons. The van der Waals surface area contributed by atoms with Crippen LogP contribution in [0, 0.1) is 0 Å². The summed E-state index contributed by atoms with van der Waals surface area (Å²) in [5, 5.41) is 119. The van der Waals surface area contributed by atoms with Crippen molar-refractivity contribution >= 4 is 118 Å². The topological polar surface area (TPSA) is 631 Å². The van der Waals surface area contributed by atoms with Crippen LogP contribution in [0.4, 0.5) is 10.5 Å². The average Bonchev–Trinajstić information content (AvgIpc) is 0.813. The number of amides is 9. The van der Waals surface area contributed by atoms with E-state index in [-0.39, 0.29) is 135 Å². The van der Waals surface area contributed by atoms with Gasteiger partial charge in [0.1, 0.15) is 54.1 Å². The van der Waals surface area contributed by atoms with Crippen LogP contribution < -0.4 is 48.3 Å². The number of urea groups is 1. The molecule has 9 amide bonds. The molecule has 1 heterocycles. The van der Waals surface area contributed by atoms with Crippen LogP contribution in [0.3, 0.4) is 0 Å². The summed E-state index contributed by atoms with van der Waals surface area (Å²) < 4.78 is 0. The zero-order valence-corrected chi connectivity index (χ0v) is 65.0. The number of nitrogens with zero attached hydrogens (tertiary/aromatic N) is 5. The fraction of sp³-hybridized carbons (Fsp3) is 0.494. The number of nitrogens with two attached hydrogens (primary N) is 1. The normalized spacial score (nSPS) is 15.1. The molecule has 644 valence electrons. The minimum Gasteiger partial charge on any atom is -0.508 e. The number of benzene rings is 4. The number of carbonyl (C=O) groups excluding carboxylic acids is 8. The Morgan fingerprint density at radius 1 is 0.390 bits per heavy atom. The van der Waals surface area contributed by atoms with Crippen molar-refractivity contribution in [3.05, 3.63) is 108 Å². The van der Waals surface area contributed by atoms with E-state index < -0.39 is 208 Å². The molecule has 1 aliphatic heterocycles. The monoisotopic (exact) mass is 1660 g/mol. The van der Waals surface area contributed by atoms with Gasteiger partial charge in [0.05, 0.1) is 19.6 Å². The quantitative estimate of drug-likeness (QED) is 0.0179. The van der Waals surface area contributed by atoms with E-state index in [2.05, 4.69) is 31.9 Å². The first-order valence-corrected chi connectivity index (χ1v) is 38.0. The zero-order valence-electron chi connectivity index (χ0n) is 65.0. The molecular formula is C77H104N14O27. The number of nitrogen functional groups attached to an aromatic ring is 1. The van der Waals surface area contributed by atoms with Crippen molar-refractivity contribution in [3.8, 4) is 5.75 Å². The highest BCUT2D eigenvalue weighted by Crippen LogP contribution is 2.22. The SMILES string of the molecule is CN(C(=O)[C@@H](Cc1ccc(O)cc1)NC(=O)[C@@H](Cc1ccc(N)cc1)NC(=O)CCC(C(=O)O)N1CCN(CC(=O)O)CCN(CC(=O)O)CCN(CC(=O)O)CC1)[C@H](Cc1ccc2ccccc2c1)C(=O)N[C@H](CCCCNC(=O)CCC(=O)NCCC[C@H](NC(=O)CC[C@H](NC(=O)N[C@@H](CCC(=O)O)C(=O)O)C(=O)O)C(=O)O)C(=O)O. The summed E-state index contributed by atoms with van der Waals surface area (Å²) in [4.78, 5) is 225. The second-order valence-electron chi connectivity index (χ2n) is 28.4. The van der Waals surface area contributed by atoms with Gasteiger partial charge in [0, 0.05) is 130 Å². The first-order valence-electron chi connectivity index (χ1n) is 38.0. The number of fused-ring (bicyclic) bond motifs is 1. The molecule has 0 aromatic heterocycles. The number of unbranched alkanes of at least 4 members (excludes halogenated alkanes) is 1. The van der Waals surface area contributed by atoms with Gasteiger partial charge in [0.25, 0.3) is 0 Å². The molecule has 41 nitrogen and oxygen atoms in total. The molecule has 41 heteroatoms. The van der Waals surface area contributed by atoms with E-state index in [9.17, 15) is 118 Å². The van der Waals surface area contributed by atoms with Crippen molar-refractivity contribution in [1.29, 1.82) is 0 Å². The number of carboxylic acids is 9. The summed E-state index contributed by atoms with van der Waals surface area (Å²) in [6.07, 6.45) is -4.77. The Morgan fingerprint density at radius 2 is 0.814 bits per heavy atom. The highest BCUT2D eigenvalue weighted by atomic mass is 16.4. The zero-order chi connectivity index (χ0) is 87.1. The number of carboxylic acid groups (broad SMARTS) is 9. The van der Waals surface area contributed by atoms with Crippen LogP contribution in [0.25, 0.3) is 10.8 Å². The van der Waals surface area contributed by atoms with E-state index in [0.29, 0.717) is 22.4 Å². The molecule has 8 atom stereocenters. The number of phenolic OH excluding ortho intramolecular Hbond substituents is 1. The number of carbonyl (C=O) groups is 17. The number of rotatable bonds is 49. The lowest BCUT2D eigenvalue weighted by Gasteiger charge is -2.35. The number of hydrogen-bond acceptors (Lipinski definition) is 23. The van der Waals surface area contributed by atoms with Gasteiger partial charge in [-0.05, 0) is 103 Å². The van der Waals surface area contributed by atoms with Crippen LogP contribution in [0.2, 0.25) is 0 Å². The molecule has 0 saturated carbocycles. The third-order valence-corrected chi connectivity index (χ3v) is 19.3. The molecule has 20 N–H and O–H groups in total. The van der Waals surface area contributed by atoms with Crippen molar-refractivity contribution in [3.63, 3.8) is 0 Å². The second-order valence-corrected chi connectivity index (χ2v) is 28.4. The maximum atomic E-state index is 15.4. The smallest absolute Gasteiger partial charge is 0.326 e. The highest BCUT2D eigenvalue weighted by Gasteiger charge is 2.38. The van der Waals surface area contributed by atoms with E-state index >= 15 is 9.59 Å². The van der Waals surface area contributed by atoms with E-state index in [1.165, 1.54) is 50.9 Å². The fourth-order valence-electron chi connectivity index (χ4n) is 12.8. The van der Waals surface area contributed by atoms with Gasteiger partial charge in [0.15, 0.2) is 0 Å². The fourth-order valence-corrected chi connectivity index (χ4v) is 12.8. The Hall–Kier alpha value is -12.6. The van der Waals surface area contributed by atoms with Crippen LogP contribution >= 0.6 is 0 Å². The molecule has 1 fully saturated rings. The molecule has 0 spiro atoms. The molecule has 5 rings (SSSR count). The standard InChI is InChI=1S/C77H104N14O27/c1-87(71(107)58(41-47-14-19-52(92)20-15-47)84-69(105)57(40-46-12-17-51(78)18-13-46)82-64(96)25-23-59(76(116)117)91-37-35-89(44-67(101)102)33-31-88(43-66(99)100)32-34-90(36-38-91)45-68(103)104)60(42-48-11-16-49-7-2-3-8-50(49)39-48)70(106)83-54(73(110)111)9-4-5-29-79-61(93)26-27-62(94)80-30-6-10-53(72(108)109)81-63(95)24-21-55(74(112)113)85-77(118)86-56(75(114)115)22-28-65(97)98/h2-3,7-8,11-20,39,53-60,92H,4-6,9-10,21-38,40-45,78H2,1H3,(H,79,93)(H,80,94)(H,81,95)(H,82,96)(H,83,106)(H,84,105)(H,97,98)(H,99,100)(H,101,102)(H,103,104)(H,108,109)(H,110,111)(H,112,113)(H,114,115)(H,116,117)(H2,85,86,118)/t53-,54+,55-,56-,57+,58+,59?,60+/m0/s1. The molecule has 118 heavy (non-hydrogen) atoms. The molecule has 1 unspecified atom stereocenters. The minimum absolute atomic E-state index is 0.000296. The lowest BCUT2D eigenvalue weighted by Crippen LogP contribution is -2.59. The Bertz CT molecular complexity index is 4120. The van der Waals surface area contributed by atoms with Crippen molar-refractivity contribution in [1.82, 2.24) is 67.0 Å². The van der Waals surface area contributed by atoms with Gasteiger partial charge >= 0.3 is 59.8 Å². The molecule has 0 aliphatic carbocycles. The van der Waals surface area contributed by atoms with Gasteiger partial charge < -0.3 is 104 Å². The maximum absolute atomic E-state index is 15.4. The Labute approximate surface area is 677 Å². The van der Waals surface area contributed by atoms with E-state index in [4.69, 9.17) is 10.8 Å². The summed E-state index contributed by atoms with van der Waals surface area (Å²) in [6.45, 7) is -1.54. The van der Waals surface area contributed by atoms with Crippen LogP contribution in [0.15, 0.2) is 91.0 Å². The molecule has 4 aromatic carbocycles. The van der Waals surface area contributed by atoms with Gasteiger partial charge in [0.2, 0.25) is 41.4 Å². The van der Waals surface area contributed by atoms with Crippen LogP contribution in [0.1, 0.15) is 100 Å². The predicted octanol–water partition coefficient (Wildman–Crippen LogP) is -1.39. The van der Waals surface area contributed by atoms with Crippen molar-refractivity contribution in [2.24, 2.45) is 0 Å². The number of aliphatic carboxylic acids is 9. The largest absolute Gasteiger partial charge is 0.508 e. The molecular weight excluding hydrogens is 1550 g/mol. The number of anilines is 1. The number of nitrogens with one attached hydrogen (secondary N) is 8. The van der Waals surface area contributed by atoms with Gasteiger partial charge in [-0.3, -0.25) is 77.1 Å². The third kappa shape index (κ3) is 35.6. The number of aromatic hydroxyl groups is 1. The van der Waals surface area contributed by atoms with E-state index in [1.54, 1.807) is 48.5 Å². The summed E-state index contributed by atoms with van der Waals surface area (Å²) >= 11 is 0.